The Bertz CT molecular complexity index is 3620. The molecule has 3 aliphatic heterocycles. The van der Waals surface area contributed by atoms with Gasteiger partial charge in [-0.15, -0.1) is 0 Å². The van der Waals surface area contributed by atoms with Gasteiger partial charge in [0.1, 0.15) is 0 Å². The third-order valence-electron chi connectivity index (χ3n) is 15.0. The number of nitrogens with one attached hydrogen (secondary N) is 1. The summed E-state index contributed by atoms with van der Waals surface area (Å²) in [6.45, 7) is 4.66. The molecule has 3 fully saturated rings. The average Bonchev–Trinajstić information content (AvgIpc) is 3.70. The molecular formula is C64H69N7O9S3. The second kappa shape index (κ2) is 28.0. The lowest BCUT2D eigenvalue weighted by Crippen LogP contribution is -2.51. The van der Waals surface area contributed by atoms with Crippen LogP contribution in [-0.4, -0.2) is 156 Å². The maximum absolute atomic E-state index is 13.0. The minimum absolute atomic E-state index is 0.0309. The maximum atomic E-state index is 13.0. The second-order valence-electron chi connectivity index (χ2n) is 20.4. The number of sulfonamides is 3. The first kappa shape index (κ1) is 59.8. The first-order valence-corrected chi connectivity index (χ1v) is 32.2. The fourth-order valence-electron chi connectivity index (χ4n) is 10.2. The average molecular weight is 1180 g/mol. The molecule has 0 aliphatic carbocycles. The molecule has 0 saturated carbocycles. The molecule has 3 heterocycles. The molecule has 432 valence electrons. The SMILES string of the molecule is O=C(CCc1ccccc1)N1CCN(S(=O)(=O)c2ccc3ccccc3c2)CC1.O=C(CCc1ccccc1)N1CCN(S(=O)(=O)c2ccccc2)CC1.O=C(CNc1ccccc1)N1CCN(S(=O)(=O)c2ccc3ccccc3c2)CC1. The Labute approximate surface area is 487 Å². The molecule has 0 unspecified atom stereocenters. The normalized spacial score (nSPS) is 15.6. The van der Waals surface area contributed by atoms with Crippen molar-refractivity contribution < 1.29 is 39.6 Å². The number of nitrogens with zero attached hydrogens (tertiary/aromatic N) is 6. The molecule has 1 N–H and O–H groups in total. The molecule has 16 nitrogen and oxygen atoms in total. The summed E-state index contributed by atoms with van der Waals surface area (Å²) in [5.41, 5.74) is 3.16. The Kier molecular flexibility index (Phi) is 20.2. The van der Waals surface area contributed by atoms with Crippen molar-refractivity contribution >= 4 is 75.0 Å². The number of carbonyl (C=O) groups is 3. The zero-order valence-electron chi connectivity index (χ0n) is 46.2. The van der Waals surface area contributed by atoms with E-state index in [1.54, 1.807) is 69.3 Å². The van der Waals surface area contributed by atoms with Crippen LogP contribution in [0.2, 0.25) is 0 Å². The first-order chi connectivity index (χ1) is 40.1. The van der Waals surface area contributed by atoms with Crippen LogP contribution in [0.3, 0.4) is 0 Å². The highest BCUT2D eigenvalue weighted by atomic mass is 32.2. The molecule has 0 radical (unpaired) electrons. The molecule has 19 heteroatoms. The predicted octanol–water partition coefficient (Wildman–Crippen LogP) is 8.24. The number of rotatable bonds is 15. The number of carbonyl (C=O) groups excluding carboxylic acids is 3. The van der Waals surface area contributed by atoms with Crippen LogP contribution >= 0.6 is 0 Å². The van der Waals surface area contributed by atoms with Crippen molar-refractivity contribution in [3.63, 3.8) is 0 Å². The number of hydrogen-bond donors (Lipinski definition) is 1. The van der Waals surface area contributed by atoms with Crippen molar-refractivity contribution in [2.24, 2.45) is 0 Å². The van der Waals surface area contributed by atoms with Gasteiger partial charge in [-0.05, 0) is 94.0 Å². The molecule has 3 aliphatic rings. The Morgan fingerprint density at radius 2 is 0.639 bits per heavy atom. The number of piperazine rings is 3. The monoisotopic (exact) mass is 1180 g/mol. The van der Waals surface area contributed by atoms with E-state index in [-0.39, 0.29) is 24.3 Å². The van der Waals surface area contributed by atoms with Gasteiger partial charge in [-0.3, -0.25) is 14.4 Å². The first-order valence-electron chi connectivity index (χ1n) is 27.9. The summed E-state index contributed by atoms with van der Waals surface area (Å²) in [7, 11) is -10.6. The van der Waals surface area contributed by atoms with Crippen LogP contribution in [0.5, 0.6) is 0 Å². The third kappa shape index (κ3) is 15.7. The lowest BCUT2D eigenvalue weighted by Gasteiger charge is -2.34. The molecule has 0 atom stereocenters. The number of benzene rings is 8. The van der Waals surface area contributed by atoms with E-state index >= 15 is 0 Å². The van der Waals surface area contributed by atoms with Crippen LogP contribution in [-0.2, 0) is 57.3 Å². The van der Waals surface area contributed by atoms with Gasteiger partial charge in [-0.1, -0.05) is 158 Å². The quantitative estimate of drug-likeness (QED) is 0.105. The number of fused-ring (bicyclic) bond motifs is 2. The zero-order valence-corrected chi connectivity index (χ0v) is 48.7. The van der Waals surface area contributed by atoms with Crippen LogP contribution in [0.15, 0.2) is 221 Å². The van der Waals surface area contributed by atoms with Crippen LogP contribution in [0.1, 0.15) is 24.0 Å². The van der Waals surface area contributed by atoms with E-state index in [2.05, 4.69) is 5.32 Å². The largest absolute Gasteiger partial charge is 0.376 e. The van der Waals surface area contributed by atoms with E-state index in [0.29, 0.717) is 119 Å². The van der Waals surface area contributed by atoms with Crippen molar-refractivity contribution in [1.82, 2.24) is 27.6 Å². The Morgan fingerprint density at radius 3 is 1.02 bits per heavy atom. The standard InChI is InChI=1S/C23H24N2O3S.C22H23N3O3S.C19H22N2O3S/c26-23(13-10-19-6-2-1-3-7-19)24-14-16-25(17-15-24)29(27,28)22-12-11-20-8-4-5-9-21(20)18-22;26-22(17-23-20-8-2-1-3-9-20)24-12-14-25(15-13-24)29(27,28)21-11-10-18-6-4-5-7-19(18)16-21;22-19(12-11-17-7-3-1-4-8-17)20-13-15-21(16-14-20)25(23,24)18-9-5-2-6-10-18/h1-9,11-12,18H,10,13-17H2;1-11,16,23H,12-15,17H2;1-10H,11-16H2. The van der Waals surface area contributed by atoms with Gasteiger partial charge >= 0.3 is 0 Å². The summed E-state index contributed by atoms with van der Waals surface area (Å²) >= 11 is 0. The summed E-state index contributed by atoms with van der Waals surface area (Å²) in [6, 6.07) is 63.6. The van der Waals surface area contributed by atoms with Crippen molar-refractivity contribution in [2.75, 3.05) is 90.4 Å². The smallest absolute Gasteiger partial charge is 0.243 e. The molecule has 0 bridgehead atoms. The van der Waals surface area contributed by atoms with E-state index < -0.39 is 30.1 Å². The number of anilines is 1. The minimum Gasteiger partial charge on any atom is -0.376 e. The zero-order chi connectivity index (χ0) is 58.2. The topological polar surface area (TPSA) is 185 Å². The van der Waals surface area contributed by atoms with Gasteiger partial charge in [0.25, 0.3) is 0 Å². The summed E-state index contributed by atoms with van der Waals surface area (Å²) in [4.78, 5) is 43.4. The van der Waals surface area contributed by atoms with Crippen LogP contribution in [0.25, 0.3) is 21.5 Å². The molecule has 83 heavy (non-hydrogen) atoms. The summed E-state index contributed by atoms with van der Waals surface area (Å²) in [5.74, 6) is 0.133. The van der Waals surface area contributed by atoms with Gasteiger partial charge < -0.3 is 20.0 Å². The number of hydrogen-bond acceptors (Lipinski definition) is 10. The Balaban J connectivity index is 0.000000150. The maximum Gasteiger partial charge on any atom is 0.243 e. The molecule has 3 amide bonds. The van der Waals surface area contributed by atoms with Crippen LogP contribution in [0.4, 0.5) is 5.69 Å². The lowest BCUT2D eigenvalue weighted by atomic mass is 10.1. The van der Waals surface area contributed by atoms with Crippen LogP contribution < -0.4 is 5.32 Å². The van der Waals surface area contributed by atoms with E-state index in [9.17, 15) is 39.6 Å². The summed E-state index contributed by atoms with van der Waals surface area (Å²) in [5, 5.41) is 6.93. The van der Waals surface area contributed by atoms with E-state index in [0.717, 1.165) is 38.4 Å². The fourth-order valence-corrected chi connectivity index (χ4v) is 14.5. The Morgan fingerprint density at radius 1 is 0.325 bits per heavy atom. The molecule has 11 rings (SSSR count). The van der Waals surface area contributed by atoms with Crippen molar-refractivity contribution in [1.29, 1.82) is 0 Å². The van der Waals surface area contributed by atoms with Gasteiger partial charge in [-0.2, -0.15) is 12.9 Å². The lowest BCUT2D eigenvalue weighted by molar-refractivity contribution is -0.133. The highest BCUT2D eigenvalue weighted by Crippen LogP contribution is 2.26. The summed E-state index contributed by atoms with van der Waals surface area (Å²) < 4.78 is 81.7. The molecule has 8 aromatic carbocycles. The van der Waals surface area contributed by atoms with Crippen molar-refractivity contribution in [2.45, 2.75) is 40.4 Å². The molecule has 3 saturated heterocycles. The van der Waals surface area contributed by atoms with Crippen molar-refractivity contribution in [3.05, 3.63) is 217 Å². The summed E-state index contributed by atoms with van der Waals surface area (Å²) in [6.07, 6.45) is 2.31. The highest BCUT2D eigenvalue weighted by molar-refractivity contribution is 7.89. The van der Waals surface area contributed by atoms with Gasteiger partial charge in [0, 0.05) is 97.1 Å². The van der Waals surface area contributed by atoms with Crippen molar-refractivity contribution in [3.8, 4) is 0 Å². The highest BCUT2D eigenvalue weighted by Gasteiger charge is 2.33. The van der Waals surface area contributed by atoms with Gasteiger partial charge in [0.15, 0.2) is 0 Å². The molecular weight excluding hydrogens is 1110 g/mol. The number of amides is 3. The number of para-hydroxylation sites is 1. The predicted molar refractivity (Wildman–Crippen MR) is 325 cm³/mol. The van der Waals surface area contributed by atoms with Gasteiger partial charge in [-0.25, -0.2) is 25.3 Å². The third-order valence-corrected chi connectivity index (χ3v) is 20.7. The van der Waals surface area contributed by atoms with Gasteiger partial charge in [0.05, 0.1) is 21.2 Å². The fraction of sp³-hybridized carbons (Fsp3) is 0.266. The van der Waals surface area contributed by atoms with E-state index in [1.165, 1.54) is 12.9 Å². The Hall–Kier alpha value is -7.78. The van der Waals surface area contributed by atoms with E-state index in [1.807, 2.05) is 152 Å². The molecule has 0 aromatic heterocycles. The van der Waals surface area contributed by atoms with Crippen LogP contribution in [0, 0.1) is 0 Å². The molecule has 0 spiro atoms. The second-order valence-corrected chi connectivity index (χ2v) is 26.2. The van der Waals surface area contributed by atoms with E-state index in [4.69, 9.17) is 0 Å². The molecule has 8 aromatic rings. The number of aryl methyl sites for hydroxylation is 2. The van der Waals surface area contributed by atoms with Gasteiger partial charge in [0.2, 0.25) is 47.8 Å². The minimum atomic E-state index is -3.58.